The number of hydrogen-bond donors (Lipinski definition) is 1. The van der Waals surface area contributed by atoms with Crippen LogP contribution < -0.4 is 5.90 Å². The lowest BCUT2D eigenvalue weighted by Crippen LogP contribution is -2.19. The number of hydrogen-bond acceptors (Lipinski definition) is 4. The van der Waals surface area contributed by atoms with Crippen LogP contribution in [0.25, 0.3) is 0 Å². The lowest BCUT2D eigenvalue weighted by atomic mass is 10.1. The molecule has 4 nitrogen and oxygen atoms in total. The molecule has 1 atom stereocenters. The second kappa shape index (κ2) is 4.51. The Hall–Kier alpha value is -0.940. The van der Waals surface area contributed by atoms with E-state index in [9.17, 15) is 0 Å². The third-order valence-electron chi connectivity index (χ3n) is 2.58. The third-order valence-corrected chi connectivity index (χ3v) is 2.58. The Bertz CT molecular complexity index is 365. The van der Waals surface area contributed by atoms with Crippen molar-refractivity contribution in [3.8, 4) is 0 Å². The molecular weight excluding hydrogens is 206 g/mol. The molecule has 0 aliphatic carbocycles. The predicted octanol–water partition coefficient (Wildman–Crippen LogP) is 1.90. The highest BCUT2D eigenvalue weighted by molar-refractivity contribution is 5.25. The molecule has 1 aromatic rings. The van der Waals surface area contributed by atoms with Crippen molar-refractivity contribution < 1.29 is 14.3 Å². The average Bonchev–Trinajstić information content (AvgIpc) is 2.60. The lowest BCUT2D eigenvalue weighted by Gasteiger charge is -2.17. The number of rotatable bonds is 3. The fraction of sp³-hybridized carbons (Fsp3) is 0.500. The van der Waals surface area contributed by atoms with Crippen molar-refractivity contribution in [1.29, 1.82) is 0 Å². The standard InChI is InChI=1S/C12H17NO3/c1-12(2)14-8-11(16-12)10-5-3-4-9(6-10)7-15-13/h3-6,11H,7-8,13H2,1-2H3. The topological polar surface area (TPSA) is 53.7 Å². The predicted molar refractivity (Wildman–Crippen MR) is 59.3 cm³/mol. The minimum atomic E-state index is -0.495. The van der Waals surface area contributed by atoms with Crippen molar-refractivity contribution in [1.82, 2.24) is 0 Å². The van der Waals surface area contributed by atoms with Crippen molar-refractivity contribution >= 4 is 0 Å². The van der Waals surface area contributed by atoms with Crippen LogP contribution in [0.3, 0.4) is 0 Å². The van der Waals surface area contributed by atoms with Crippen molar-refractivity contribution in [2.75, 3.05) is 6.61 Å². The van der Waals surface area contributed by atoms with Gasteiger partial charge in [-0.3, -0.25) is 4.84 Å². The molecule has 0 saturated carbocycles. The van der Waals surface area contributed by atoms with E-state index in [0.29, 0.717) is 13.2 Å². The van der Waals surface area contributed by atoms with Gasteiger partial charge in [0.2, 0.25) is 0 Å². The van der Waals surface area contributed by atoms with Gasteiger partial charge < -0.3 is 9.47 Å². The molecule has 1 saturated heterocycles. The molecule has 1 aliphatic heterocycles. The summed E-state index contributed by atoms with van der Waals surface area (Å²) in [6.45, 7) is 4.82. The van der Waals surface area contributed by atoms with Crippen molar-refractivity contribution in [3.05, 3.63) is 35.4 Å². The second-order valence-electron chi connectivity index (χ2n) is 4.37. The van der Waals surface area contributed by atoms with Gasteiger partial charge in [-0.2, -0.15) is 0 Å². The fourth-order valence-electron chi connectivity index (χ4n) is 1.83. The average molecular weight is 223 g/mol. The van der Waals surface area contributed by atoms with Crippen LogP contribution in [0.2, 0.25) is 0 Å². The van der Waals surface area contributed by atoms with Gasteiger partial charge >= 0.3 is 0 Å². The first-order valence-electron chi connectivity index (χ1n) is 5.33. The van der Waals surface area contributed by atoms with E-state index in [2.05, 4.69) is 4.84 Å². The normalized spacial score (nSPS) is 23.6. The minimum absolute atomic E-state index is 0.00674. The number of benzene rings is 1. The Morgan fingerprint density at radius 3 is 2.94 bits per heavy atom. The van der Waals surface area contributed by atoms with Gasteiger partial charge in [0, 0.05) is 0 Å². The second-order valence-corrected chi connectivity index (χ2v) is 4.37. The lowest BCUT2D eigenvalue weighted by molar-refractivity contribution is -0.139. The molecule has 1 unspecified atom stereocenters. The van der Waals surface area contributed by atoms with Crippen LogP contribution in [0.1, 0.15) is 31.1 Å². The zero-order valence-electron chi connectivity index (χ0n) is 9.60. The summed E-state index contributed by atoms with van der Waals surface area (Å²) in [4.78, 5) is 4.61. The maximum absolute atomic E-state index is 5.77. The largest absolute Gasteiger partial charge is 0.347 e. The summed E-state index contributed by atoms with van der Waals surface area (Å²) in [7, 11) is 0. The summed E-state index contributed by atoms with van der Waals surface area (Å²) in [6, 6.07) is 7.99. The van der Waals surface area contributed by atoms with Crippen molar-refractivity contribution in [2.24, 2.45) is 5.90 Å². The van der Waals surface area contributed by atoms with Gasteiger partial charge in [-0.25, -0.2) is 5.90 Å². The molecule has 4 heteroatoms. The molecule has 88 valence electrons. The van der Waals surface area contributed by atoms with Crippen LogP contribution in [0.15, 0.2) is 24.3 Å². The quantitative estimate of drug-likeness (QED) is 0.795. The highest BCUT2D eigenvalue weighted by atomic mass is 16.7. The van der Waals surface area contributed by atoms with E-state index in [0.717, 1.165) is 11.1 Å². The van der Waals surface area contributed by atoms with Crippen LogP contribution in [0, 0.1) is 0 Å². The Morgan fingerprint density at radius 2 is 2.31 bits per heavy atom. The smallest absolute Gasteiger partial charge is 0.163 e. The maximum atomic E-state index is 5.77. The summed E-state index contributed by atoms with van der Waals surface area (Å²) in [5.41, 5.74) is 2.13. The molecule has 0 aromatic heterocycles. The van der Waals surface area contributed by atoms with Crippen LogP contribution in [-0.4, -0.2) is 12.4 Å². The summed E-state index contributed by atoms with van der Waals surface area (Å²) in [6.07, 6.45) is -0.00674. The van der Waals surface area contributed by atoms with Gasteiger partial charge in [0.25, 0.3) is 0 Å². The number of nitrogens with two attached hydrogens (primary N) is 1. The molecule has 0 amide bonds. The molecule has 0 spiro atoms. The van der Waals surface area contributed by atoms with Crippen LogP contribution in [0.5, 0.6) is 0 Å². The maximum Gasteiger partial charge on any atom is 0.163 e. The van der Waals surface area contributed by atoms with Crippen LogP contribution in [-0.2, 0) is 20.9 Å². The van der Waals surface area contributed by atoms with E-state index in [1.54, 1.807) is 0 Å². The molecule has 1 aromatic carbocycles. The highest BCUT2D eigenvalue weighted by Gasteiger charge is 2.33. The van der Waals surface area contributed by atoms with E-state index in [1.807, 2.05) is 38.1 Å². The molecule has 2 N–H and O–H groups in total. The van der Waals surface area contributed by atoms with Crippen LogP contribution >= 0.6 is 0 Å². The highest BCUT2D eigenvalue weighted by Crippen LogP contribution is 2.32. The molecule has 0 bridgehead atoms. The Balaban J connectivity index is 2.12. The molecule has 0 radical (unpaired) electrons. The van der Waals surface area contributed by atoms with E-state index >= 15 is 0 Å². The van der Waals surface area contributed by atoms with Crippen molar-refractivity contribution in [3.63, 3.8) is 0 Å². The zero-order valence-corrected chi connectivity index (χ0v) is 9.60. The fourth-order valence-corrected chi connectivity index (χ4v) is 1.83. The first-order valence-corrected chi connectivity index (χ1v) is 5.33. The van der Waals surface area contributed by atoms with Crippen molar-refractivity contribution in [2.45, 2.75) is 32.3 Å². The van der Waals surface area contributed by atoms with E-state index in [-0.39, 0.29) is 6.10 Å². The van der Waals surface area contributed by atoms with Gasteiger partial charge in [0.05, 0.1) is 13.2 Å². The Labute approximate surface area is 95.2 Å². The molecule has 2 rings (SSSR count). The number of ether oxygens (including phenoxy) is 2. The van der Waals surface area contributed by atoms with Gasteiger partial charge in [0.15, 0.2) is 5.79 Å². The van der Waals surface area contributed by atoms with E-state index in [4.69, 9.17) is 15.4 Å². The summed E-state index contributed by atoms with van der Waals surface area (Å²) in [5, 5.41) is 0. The Kier molecular flexibility index (Phi) is 3.25. The summed E-state index contributed by atoms with van der Waals surface area (Å²) >= 11 is 0. The summed E-state index contributed by atoms with van der Waals surface area (Å²) in [5.74, 6) is 4.56. The van der Waals surface area contributed by atoms with Crippen LogP contribution in [0.4, 0.5) is 0 Å². The molecule has 1 aliphatic rings. The first-order chi connectivity index (χ1) is 7.61. The molecule has 16 heavy (non-hydrogen) atoms. The SMILES string of the molecule is CC1(C)OCC(c2cccc(CON)c2)O1. The monoisotopic (exact) mass is 223 g/mol. The van der Waals surface area contributed by atoms with Gasteiger partial charge in [-0.15, -0.1) is 0 Å². The molecule has 1 heterocycles. The molecular formula is C12H17NO3. The van der Waals surface area contributed by atoms with E-state index < -0.39 is 5.79 Å². The van der Waals surface area contributed by atoms with Gasteiger partial charge in [-0.05, 0) is 25.0 Å². The first kappa shape index (κ1) is 11.5. The summed E-state index contributed by atoms with van der Waals surface area (Å²) < 4.78 is 11.3. The van der Waals surface area contributed by atoms with Gasteiger partial charge in [-0.1, -0.05) is 24.3 Å². The minimum Gasteiger partial charge on any atom is -0.347 e. The van der Waals surface area contributed by atoms with E-state index in [1.165, 1.54) is 0 Å². The molecule has 1 fully saturated rings. The zero-order chi connectivity index (χ0) is 11.6. The Morgan fingerprint density at radius 1 is 1.50 bits per heavy atom. The third kappa shape index (κ3) is 2.59. The van der Waals surface area contributed by atoms with Gasteiger partial charge in [0.1, 0.15) is 6.10 Å².